The van der Waals surface area contributed by atoms with Crippen LogP contribution in [0.15, 0.2) is 17.5 Å². The summed E-state index contributed by atoms with van der Waals surface area (Å²) >= 11 is 1.54. The number of rotatable bonds is 5. The van der Waals surface area contributed by atoms with Gasteiger partial charge in [-0.15, -0.1) is 11.3 Å². The minimum absolute atomic E-state index is 0.00188. The Morgan fingerprint density at radius 2 is 2.15 bits per heavy atom. The fourth-order valence-electron chi connectivity index (χ4n) is 2.35. The summed E-state index contributed by atoms with van der Waals surface area (Å²) in [7, 11) is -2.95. The van der Waals surface area contributed by atoms with Gasteiger partial charge in [-0.1, -0.05) is 6.07 Å². The highest BCUT2D eigenvalue weighted by Crippen LogP contribution is 2.24. The van der Waals surface area contributed by atoms with E-state index in [4.69, 9.17) is 5.11 Å². The summed E-state index contributed by atoms with van der Waals surface area (Å²) in [6.45, 7) is 0.00188. The van der Waals surface area contributed by atoms with Gasteiger partial charge in [-0.3, -0.25) is 4.79 Å². The number of sulfone groups is 1. The summed E-state index contributed by atoms with van der Waals surface area (Å²) < 4.78 is 22.7. The smallest absolute Gasteiger partial charge is 0.223 e. The molecule has 2 N–H and O–H groups in total. The molecule has 0 saturated carbocycles. The molecule has 1 aromatic rings. The van der Waals surface area contributed by atoms with Crippen molar-refractivity contribution in [3.05, 3.63) is 22.4 Å². The summed E-state index contributed by atoms with van der Waals surface area (Å²) in [5.74, 6) is -0.157. The highest BCUT2D eigenvalue weighted by atomic mass is 32.2. The molecule has 0 spiro atoms. The SMILES string of the molecule is O=C(NC(CCO)c1cccs1)C1CCS(=O)(=O)CC1. The molecule has 5 nitrogen and oxygen atoms in total. The Labute approximate surface area is 122 Å². The van der Waals surface area contributed by atoms with Crippen LogP contribution in [0.2, 0.25) is 0 Å². The predicted octanol–water partition coefficient (Wildman–Crippen LogP) is 1.11. The minimum atomic E-state index is -2.95. The average Bonchev–Trinajstić information content (AvgIpc) is 2.91. The number of thiophene rings is 1. The van der Waals surface area contributed by atoms with Crippen LogP contribution < -0.4 is 5.32 Å². The lowest BCUT2D eigenvalue weighted by molar-refractivity contribution is -0.126. The van der Waals surface area contributed by atoms with Crippen LogP contribution in [0.25, 0.3) is 0 Å². The van der Waals surface area contributed by atoms with E-state index in [1.54, 1.807) is 0 Å². The van der Waals surface area contributed by atoms with Gasteiger partial charge in [-0.05, 0) is 30.7 Å². The molecule has 0 bridgehead atoms. The molecular formula is C13H19NO4S2. The molecule has 1 aliphatic rings. The monoisotopic (exact) mass is 317 g/mol. The Balaban J connectivity index is 1.95. The molecule has 1 saturated heterocycles. The quantitative estimate of drug-likeness (QED) is 0.852. The van der Waals surface area contributed by atoms with Crippen LogP contribution >= 0.6 is 11.3 Å². The Hall–Kier alpha value is -0.920. The summed E-state index contributed by atoms with van der Waals surface area (Å²) in [5, 5.41) is 14.0. The zero-order valence-electron chi connectivity index (χ0n) is 11.1. The van der Waals surface area contributed by atoms with Crippen LogP contribution in [0, 0.1) is 5.92 Å². The second-order valence-corrected chi connectivity index (χ2v) is 8.30. The summed E-state index contributed by atoms with van der Waals surface area (Å²) in [4.78, 5) is 13.2. The van der Waals surface area contributed by atoms with Gasteiger partial charge in [-0.25, -0.2) is 8.42 Å². The summed E-state index contributed by atoms with van der Waals surface area (Å²) in [5.41, 5.74) is 0. The average molecular weight is 317 g/mol. The van der Waals surface area contributed by atoms with E-state index in [-0.39, 0.29) is 36.0 Å². The van der Waals surface area contributed by atoms with E-state index in [1.165, 1.54) is 11.3 Å². The lowest BCUT2D eigenvalue weighted by Gasteiger charge is -2.24. The lowest BCUT2D eigenvalue weighted by Crippen LogP contribution is -2.38. The zero-order chi connectivity index (χ0) is 14.6. The standard InChI is InChI=1S/C13H19NO4S2/c15-6-3-11(12-2-1-7-19-12)14-13(16)10-4-8-20(17,18)9-5-10/h1-2,7,10-11,15H,3-6,8-9H2,(H,14,16). The van der Waals surface area contributed by atoms with Crippen LogP contribution in [-0.4, -0.2) is 37.5 Å². The Kier molecular flexibility index (Phi) is 5.17. The van der Waals surface area contributed by atoms with Gasteiger partial charge in [0.2, 0.25) is 5.91 Å². The van der Waals surface area contributed by atoms with Crippen molar-refractivity contribution in [2.45, 2.75) is 25.3 Å². The second-order valence-electron chi connectivity index (χ2n) is 5.01. The van der Waals surface area contributed by atoms with Crippen molar-refractivity contribution in [3.8, 4) is 0 Å². The third-order valence-electron chi connectivity index (χ3n) is 3.55. The van der Waals surface area contributed by atoms with Gasteiger partial charge >= 0.3 is 0 Å². The van der Waals surface area contributed by atoms with Crippen molar-refractivity contribution in [1.82, 2.24) is 5.32 Å². The zero-order valence-corrected chi connectivity index (χ0v) is 12.8. The first-order valence-electron chi connectivity index (χ1n) is 6.67. The van der Waals surface area contributed by atoms with Crippen molar-refractivity contribution < 1.29 is 18.3 Å². The maximum atomic E-state index is 12.2. The van der Waals surface area contributed by atoms with E-state index in [0.29, 0.717) is 19.3 Å². The van der Waals surface area contributed by atoms with Crippen LogP contribution in [-0.2, 0) is 14.6 Å². The van der Waals surface area contributed by atoms with E-state index >= 15 is 0 Å². The maximum Gasteiger partial charge on any atom is 0.223 e. The molecule has 1 unspecified atom stereocenters. The highest BCUT2D eigenvalue weighted by molar-refractivity contribution is 7.91. The van der Waals surface area contributed by atoms with Crippen LogP contribution in [0.4, 0.5) is 0 Å². The number of hydrogen-bond acceptors (Lipinski definition) is 5. The second kappa shape index (κ2) is 6.69. The van der Waals surface area contributed by atoms with Crippen LogP contribution in [0.3, 0.4) is 0 Å². The van der Waals surface area contributed by atoms with Gasteiger partial charge in [0.05, 0.1) is 17.5 Å². The van der Waals surface area contributed by atoms with Crippen LogP contribution in [0.1, 0.15) is 30.2 Å². The van der Waals surface area contributed by atoms with E-state index in [2.05, 4.69) is 5.32 Å². The number of aliphatic hydroxyl groups excluding tert-OH is 1. The topological polar surface area (TPSA) is 83.5 Å². The number of carbonyl (C=O) groups excluding carboxylic acids is 1. The maximum absolute atomic E-state index is 12.2. The highest BCUT2D eigenvalue weighted by Gasteiger charge is 2.29. The molecule has 0 radical (unpaired) electrons. The van der Waals surface area contributed by atoms with Crippen molar-refractivity contribution >= 4 is 27.1 Å². The molecule has 0 aromatic carbocycles. The predicted molar refractivity (Wildman–Crippen MR) is 78.3 cm³/mol. The molecule has 7 heteroatoms. The molecule has 1 fully saturated rings. The van der Waals surface area contributed by atoms with Gasteiger partial charge in [0.15, 0.2) is 0 Å². The molecule has 20 heavy (non-hydrogen) atoms. The van der Waals surface area contributed by atoms with Crippen molar-refractivity contribution in [3.63, 3.8) is 0 Å². The molecule has 2 rings (SSSR count). The number of carbonyl (C=O) groups is 1. The Morgan fingerprint density at radius 3 is 2.70 bits per heavy atom. The number of nitrogens with one attached hydrogen (secondary N) is 1. The fourth-order valence-corrected chi connectivity index (χ4v) is 4.65. The molecule has 1 amide bonds. The van der Waals surface area contributed by atoms with Crippen molar-refractivity contribution in [2.24, 2.45) is 5.92 Å². The van der Waals surface area contributed by atoms with E-state index in [9.17, 15) is 13.2 Å². The van der Waals surface area contributed by atoms with Crippen LogP contribution in [0.5, 0.6) is 0 Å². The molecular weight excluding hydrogens is 298 g/mol. The first kappa shape index (κ1) is 15.5. The number of hydrogen-bond donors (Lipinski definition) is 2. The van der Waals surface area contributed by atoms with E-state index in [0.717, 1.165) is 4.88 Å². The van der Waals surface area contributed by atoms with Gasteiger partial charge in [0, 0.05) is 17.4 Å². The fraction of sp³-hybridized carbons (Fsp3) is 0.615. The first-order chi connectivity index (χ1) is 9.52. The third-order valence-corrected chi connectivity index (χ3v) is 6.25. The lowest BCUT2D eigenvalue weighted by atomic mass is 10.0. The largest absolute Gasteiger partial charge is 0.396 e. The minimum Gasteiger partial charge on any atom is -0.396 e. The normalized spacial score (nSPS) is 20.4. The van der Waals surface area contributed by atoms with Gasteiger partial charge in [0.25, 0.3) is 0 Å². The van der Waals surface area contributed by atoms with Gasteiger partial charge < -0.3 is 10.4 Å². The number of aliphatic hydroxyl groups is 1. The third kappa shape index (κ3) is 4.04. The first-order valence-corrected chi connectivity index (χ1v) is 9.37. The summed E-state index contributed by atoms with van der Waals surface area (Å²) in [6, 6.07) is 3.64. The summed E-state index contributed by atoms with van der Waals surface area (Å²) in [6.07, 6.45) is 1.26. The van der Waals surface area contributed by atoms with Crippen molar-refractivity contribution in [1.29, 1.82) is 0 Å². The molecule has 1 atom stereocenters. The molecule has 112 valence electrons. The molecule has 1 aliphatic heterocycles. The Bertz CT molecular complexity index is 525. The van der Waals surface area contributed by atoms with Gasteiger partial charge in [-0.2, -0.15) is 0 Å². The molecule has 2 heterocycles. The van der Waals surface area contributed by atoms with Crippen molar-refractivity contribution in [2.75, 3.05) is 18.1 Å². The number of amides is 1. The Morgan fingerprint density at radius 1 is 1.45 bits per heavy atom. The molecule has 1 aromatic heterocycles. The van der Waals surface area contributed by atoms with E-state index < -0.39 is 9.84 Å². The van der Waals surface area contributed by atoms with E-state index in [1.807, 2.05) is 17.5 Å². The van der Waals surface area contributed by atoms with Gasteiger partial charge in [0.1, 0.15) is 9.84 Å². The molecule has 0 aliphatic carbocycles.